The van der Waals surface area contributed by atoms with Gasteiger partial charge in [-0.1, -0.05) is 11.6 Å². The smallest absolute Gasteiger partial charge is 0.145 e. The number of pyridine rings is 1. The van der Waals surface area contributed by atoms with Crippen LogP contribution in [0, 0.1) is 0 Å². The molecule has 0 aliphatic carbocycles. The van der Waals surface area contributed by atoms with Crippen LogP contribution >= 0.6 is 11.6 Å². The van der Waals surface area contributed by atoms with E-state index in [2.05, 4.69) is 15.4 Å². The van der Waals surface area contributed by atoms with Crippen molar-refractivity contribution in [1.29, 1.82) is 0 Å². The van der Waals surface area contributed by atoms with Gasteiger partial charge in [0, 0.05) is 18.4 Å². The molecule has 2 aromatic rings. The first-order valence-electron chi connectivity index (χ1n) is 5.30. The standard InChI is InChI=1S/C11H14ClN5/c1-8(7-17-4-2-3-15-17)16-11-10(12)5-9(13)6-14-11/h2-6,8H,7,13H2,1H3,(H,14,16). The van der Waals surface area contributed by atoms with Crippen LogP contribution in [0.25, 0.3) is 0 Å². The molecule has 0 aromatic carbocycles. The van der Waals surface area contributed by atoms with Crippen LogP contribution in [0.5, 0.6) is 0 Å². The van der Waals surface area contributed by atoms with E-state index >= 15 is 0 Å². The fourth-order valence-electron chi connectivity index (χ4n) is 1.53. The van der Waals surface area contributed by atoms with E-state index in [-0.39, 0.29) is 6.04 Å². The Morgan fingerprint density at radius 2 is 2.41 bits per heavy atom. The molecule has 3 N–H and O–H groups in total. The van der Waals surface area contributed by atoms with Crippen LogP contribution in [-0.4, -0.2) is 20.8 Å². The molecule has 1 atom stereocenters. The first kappa shape index (κ1) is 11.7. The van der Waals surface area contributed by atoms with E-state index in [0.29, 0.717) is 16.5 Å². The fraction of sp³-hybridized carbons (Fsp3) is 0.273. The van der Waals surface area contributed by atoms with Crippen LogP contribution in [0.1, 0.15) is 6.92 Å². The van der Waals surface area contributed by atoms with E-state index in [1.54, 1.807) is 18.5 Å². The Morgan fingerprint density at radius 3 is 3.06 bits per heavy atom. The predicted molar refractivity (Wildman–Crippen MR) is 69.0 cm³/mol. The van der Waals surface area contributed by atoms with Crippen LogP contribution in [-0.2, 0) is 6.54 Å². The van der Waals surface area contributed by atoms with E-state index in [1.165, 1.54) is 0 Å². The molecular weight excluding hydrogens is 238 g/mol. The summed E-state index contributed by atoms with van der Waals surface area (Å²) in [6.07, 6.45) is 5.24. The van der Waals surface area contributed by atoms with Gasteiger partial charge >= 0.3 is 0 Å². The Morgan fingerprint density at radius 1 is 1.59 bits per heavy atom. The second-order valence-corrected chi connectivity index (χ2v) is 4.28. The number of nitrogens with zero attached hydrogens (tertiary/aromatic N) is 3. The van der Waals surface area contributed by atoms with Crippen LogP contribution in [0.3, 0.4) is 0 Å². The van der Waals surface area contributed by atoms with Crippen molar-refractivity contribution in [2.75, 3.05) is 11.1 Å². The molecule has 90 valence electrons. The van der Waals surface area contributed by atoms with E-state index in [0.717, 1.165) is 6.54 Å². The monoisotopic (exact) mass is 251 g/mol. The Kier molecular flexibility index (Phi) is 3.49. The van der Waals surface area contributed by atoms with E-state index in [4.69, 9.17) is 17.3 Å². The zero-order valence-electron chi connectivity index (χ0n) is 9.47. The molecule has 2 rings (SSSR count). The summed E-state index contributed by atoms with van der Waals surface area (Å²) < 4.78 is 1.85. The van der Waals surface area contributed by atoms with Gasteiger partial charge in [-0.3, -0.25) is 4.68 Å². The van der Waals surface area contributed by atoms with Crippen LogP contribution < -0.4 is 11.1 Å². The van der Waals surface area contributed by atoms with Gasteiger partial charge in [-0.15, -0.1) is 0 Å². The maximum atomic E-state index is 6.03. The third-order valence-corrected chi connectivity index (χ3v) is 2.55. The van der Waals surface area contributed by atoms with Crippen molar-refractivity contribution in [3.05, 3.63) is 35.7 Å². The van der Waals surface area contributed by atoms with Crippen LogP contribution in [0.4, 0.5) is 11.5 Å². The lowest BCUT2D eigenvalue weighted by Crippen LogP contribution is -2.23. The van der Waals surface area contributed by atoms with Crippen LogP contribution in [0.15, 0.2) is 30.7 Å². The average Bonchev–Trinajstić information content (AvgIpc) is 2.75. The molecular formula is C11H14ClN5. The molecule has 2 aromatic heterocycles. The number of rotatable bonds is 4. The second-order valence-electron chi connectivity index (χ2n) is 3.87. The van der Waals surface area contributed by atoms with Gasteiger partial charge in [-0.25, -0.2) is 4.98 Å². The van der Waals surface area contributed by atoms with Gasteiger partial charge < -0.3 is 11.1 Å². The van der Waals surface area contributed by atoms with E-state index < -0.39 is 0 Å². The maximum absolute atomic E-state index is 6.03. The zero-order chi connectivity index (χ0) is 12.3. The van der Waals surface area contributed by atoms with Gasteiger partial charge in [-0.05, 0) is 19.1 Å². The number of hydrogen-bond acceptors (Lipinski definition) is 4. The van der Waals surface area contributed by atoms with Crippen molar-refractivity contribution in [1.82, 2.24) is 14.8 Å². The summed E-state index contributed by atoms with van der Waals surface area (Å²) in [7, 11) is 0. The highest BCUT2D eigenvalue weighted by Crippen LogP contribution is 2.21. The lowest BCUT2D eigenvalue weighted by atomic mass is 10.3. The molecule has 0 radical (unpaired) electrons. The number of halogens is 1. The largest absolute Gasteiger partial charge is 0.397 e. The zero-order valence-corrected chi connectivity index (χ0v) is 10.2. The number of nitrogen functional groups attached to an aromatic ring is 1. The van der Waals surface area contributed by atoms with E-state index in [9.17, 15) is 0 Å². The highest BCUT2D eigenvalue weighted by atomic mass is 35.5. The highest BCUT2D eigenvalue weighted by Gasteiger charge is 2.07. The maximum Gasteiger partial charge on any atom is 0.145 e. The summed E-state index contributed by atoms with van der Waals surface area (Å²) in [6, 6.07) is 3.74. The number of anilines is 2. The van der Waals surface area contributed by atoms with Crippen molar-refractivity contribution in [3.63, 3.8) is 0 Å². The first-order chi connectivity index (χ1) is 8.15. The minimum absolute atomic E-state index is 0.170. The Bertz CT molecular complexity index is 483. The topological polar surface area (TPSA) is 68.8 Å². The lowest BCUT2D eigenvalue weighted by molar-refractivity contribution is 0.560. The first-order valence-corrected chi connectivity index (χ1v) is 5.68. The molecule has 0 amide bonds. The molecule has 0 aliphatic heterocycles. The van der Waals surface area contributed by atoms with Crippen LogP contribution in [0.2, 0.25) is 5.02 Å². The molecule has 2 heterocycles. The van der Waals surface area contributed by atoms with Gasteiger partial charge in [0.25, 0.3) is 0 Å². The Hall–Kier alpha value is -1.75. The Balaban J connectivity index is 2.00. The summed E-state index contributed by atoms with van der Waals surface area (Å²) >= 11 is 6.03. The number of nitrogens with one attached hydrogen (secondary N) is 1. The molecule has 6 heteroatoms. The van der Waals surface area contributed by atoms with Crippen molar-refractivity contribution >= 4 is 23.1 Å². The molecule has 17 heavy (non-hydrogen) atoms. The molecule has 0 saturated heterocycles. The summed E-state index contributed by atoms with van der Waals surface area (Å²) in [5, 5.41) is 7.88. The minimum atomic E-state index is 0.170. The normalized spacial score (nSPS) is 12.4. The van der Waals surface area contributed by atoms with Gasteiger partial charge in [-0.2, -0.15) is 5.10 Å². The lowest BCUT2D eigenvalue weighted by Gasteiger charge is -2.15. The summed E-state index contributed by atoms with van der Waals surface area (Å²) in [5.41, 5.74) is 6.13. The number of hydrogen-bond donors (Lipinski definition) is 2. The van der Waals surface area contributed by atoms with Crippen molar-refractivity contribution in [3.8, 4) is 0 Å². The molecule has 0 bridgehead atoms. The summed E-state index contributed by atoms with van der Waals surface area (Å²) in [5.74, 6) is 0.639. The average molecular weight is 252 g/mol. The second kappa shape index (κ2) is 5.05. The predicted octanol–water partition coefficient (Wildman–Crippen LogP) is 2.01. The molecule has 0 fully saturated rings. The highest BCUT2D eigenvalue weighted by molar-refractivity contribution is 6.33. The van der Waals surface area contributed by atoms with E-state index in [1.807, 2.05) is 23.9 Å². The molecule has 0 spiro atoms. The van der Waals surface area contributed by atoms with Gasteiger partial charge in [0.05, 0.1) is 23.5 Å². The van der Waals surface area contributed by atoms with Gasteiger partial charge in [0.2, 0.25) is 0 Å². The summed E-state index contributed by atoms with van der Waals surface area (Å²) in [4.78, 5) is 4.15. The quantitative estimate of drug-likeness (QED) is 0.872. The number of aromatic nitrogens is 3. The van der Waals surface area contributed by atoms with Crippen molar-refractivity contribution in [2.24, 2.45) is 0 Å². The molecule has 1 unspecified atom stereocenters. The third-order valence-electron chi connectivity index (χ3n) is 2.27. The van der Waals surface area contributed by atoms with Crippen molar-refractivity contribution < 1.29 is 0 Å². The molecule has 5 nitrogen and oxygen atoms in total. The minimum Gasteiger partial charge on any atom is -0.397 e. The Labute approximate surface area is 105 Å². The molecule has 0 aliphatic rings. The summed E-state index contributed by atoms with van der Waals surface area (Å²) in [6.45, 7) is 2.78. The fourth-order valence-corrected chi connectivity index (χ4v) is 1.76. The SMILES string of the molecule is CC(Cn1cccn1)Nc1ncc(N)cc1Cl. The third kappa shape index (κ3) is 3.10. The number of nitrogens with two attached hydrogens (primary N) is 1. The van der Waals surface area contributed by atoms with Crippen molar-refractivity contribution in [2.45, 2.75) is 19.5 Å². The van der Waals surface area contributed by atoms with Gasteiger partial charge in [0.1, 0.15) is 5.82 Å². The molecule has 0 saturated carbocycles. The van der Waals surface area contributed by atoms with Gasteiger partial charge in [0.15, 0.2) is 0 Å².